The van der Waals surface area contributed by atoms with E-state index in [2.05, 4.69) is 15.1 Å². The first-order chi connectivity index (χ1) is 6.70. The Labute approximate surface area is 81.6 Å². The molecule has 0 atom stereocenters. The molecule has 0 aliphatic rings. The standard InChI is InChI=1S/C9H11N5/c1-6-8(13-14(2)9(6)10)7-3-11-5-12-4-7/h3-5H,10H2,1-2H3. The molecule has 14 heavy (non-hydrogen) atoms. The molecule has 0 amide bonds. The third kappa shape index (κ3) is 1.22. The summed E-state index contributed by atoms with van der Waals surface area (Å²) >= 11 is 0. The molecule has 0 bridgehead atoms. The maximum Gasteiger partial charge on any atom is 0.124 e. The highest BCUT2D eigenvalue weighted by molar-refractivity contribution is 5.66. The highest BCUT2D eigenvalue weighted by Crippen LogP contribution is 2.23. The molecule has 5 nitrogen and oxygen atoms in total. The fraction of sp³-hybridized carbons (Fsp3) is 0.222. The molecule has 2 aromatic heterocycles. The van der Waals surface area contributed by atoms with E-state index in [-0.39, 0.29) is 0 Å². The van der Waals surface area contributed by atoms with Crippen molar-refractivity contribution in [3.05, 3.63) is 24.3 Å². The molecule has 0 aromatic carbocycles. The lowest BCUT2D eigenvalue weighted by atomic mass is 10.1. The zero-order valence-corrected chi connectivity index (χ0v) is 8.10. The Morgan fingerprint density at radius 2 is 1.93 bits per heavy atom. The van der Waals surface area contributed by atoms with Crippen LogP contribution in [-0.2, 0) is 7.05 Å². The molecular formula is C9H11N5. The Hall–Kier alpha value is -1.91. The molecule has 2 N–H and O–H groups in total. The number of hydrogen-bond acceptors (Lipinski definition) is 4. The van der Waals surface area contributed by atoms with E-state index in [1.165, 1.54) is 6.33 Å². The summed E-state index contributed by atoms with van der Waals surface area (Å²) in [5, 5.41) is 4.29. The van der Waals surface area contributed by atoms with Crippen LogP contribution in [0, 0.1) is 6.92 Å². The predicted octanol–water partition coefficient (Wildman–Crippen LogP) is 0.768. The molecule has 0 aliphatic carbocycles. The van der Waals surface area contributed by atoms with Gasteiger partial charge in [-0.1, -0.05) is 0 Å². The first kappa shape index (κ1) is 8.68. The normalized spacial score (nSPS) is 10.4. The first-order valence-electron chi connectivity index (χ1n) is 4.24. The van der Waals surface area contributed by atoms with Crippen LogP contribution >= 0.6 is 0 Å². The Kier molecular flexibility index (Phi) is 1.92. The second kappa shape index (κ2) is 3.10. The topological polar surface area (TPSA) is 69.6 Å². The van der Waals surface area contributed by atoms with E-state index in [1.807, 2.05) is 14.0 Å². The van der Waals surface area contributed by atoms with E-state index in [1.54, 1.807) is 17.1 Å². The van der Waals surface area contributed by atoms with E-state index < -0.39 is 0 Å². The van der Waals surface area contributed by atoms with Crippen molar-refractivity contribution in [2.24, 2.45) is 7.05 Å². The van der Waals surface area contributed by atoms with Gasteiger partial charge in [-0.05, 0) is 6.92 Å². The van der Waals surface area contributed by atoms with Gasteiger partial charge >= 0.3 is 0 Å². The summed E-state index contributed by atoms with van der Waals surface area (Å²) in [6.45, 7) is 1.94. The van der Waals surface area contributed by atoms with Crippen molar-refractivity contribution >= 4 is 5.82 Å². The summed E-state index contributed by atoms with van der Waals surface area (Å²) in [5.74, 6) is 0.670. The van der Waals surface area contributed by atoms with Gasteiger partial charge in [-0.25, -0.2) is 9.97 Å². The monoisotopic (exact) mass is 189 g/mol. The highest BCUT2D eigenvalue weighted by Gasteiger charge is 2.11. The van der Waals surface area contributed by atoms with E-state index >= 15 is 0 Å². The van der Waals surface area contributed by atoms with Crippen LogP contribution in [0.5, 0.6) is 0 Å². The van der Waals surface area contributed by atoms with E-state index in [9.17, 15) is 0 Å². The third-order valence-electron chi connectivity index (χ3n) is 2.17. The van der Waals surface area contributed by atoms with Crippen molar-refractivity contribution in [2.75, 3.05) is 5.73 Å². The van der Waals surface area contributed by atoms with Gasteiger partial charge < -0.3 is 5.73 Å². The molecule has 2 heterocycles. The number of aryl methyl sites for hydroxylation is 1. The molecule has 72 valence electrons. The summed E-state index contributed by atoms with van der Waals surface area (Å²) < 4.78 is 1.65. The van der Waals surface area contributed by atoms with Gasteiger partial charge in [-0.3, -0.25) is 4.68 Å². The zero-order chi connectivity index (χ0) is 10.1. The van der Waals surface area contributed by atoms with Crippen LogP contribution in [0.2, 0.25) is 0 Å². The maximum atomic E-state index is 5.80. The fourth-order valence-corrected chi connectivity index (χ4v) is 1.34. The van der Waals surface area contributed by atoms with Gasteiger partial charge in [0.25, 0.3) is 0 Å². The van der Waals surface area contributed by atoms with Gasteiger partial charge in [0.15, 0.2) is 0 Å². The molecule has 0 aliphatic heterocycles. The quantitative estimate of drug-likeness (QED) is 0.719. The van der Waals surface area contributed by atoms with E-state index in [0.29, 0.717) is 5.82 Å². The number of nitrogen functional groups attached to an aromatic ring is 1. The number of hydrogen-bond donors (Lipinski definition) is 1. The summed E-state index contributed by atoms with van der Waals surface area (Å²) in [6, 6.07) is 0. The molecule has 5 heteroatoms. The summed E-state index contributed by atoms with van der Waals surface area (Å²) in [6.07, 6.45) is 4.94. The molecule has 2 aromatic rings. The molecule has 0 spiro atoms. The Morgan fingerprint density at radius 1 is 1.29 bits per heavy atom. The van der Waals surface area contributed by atoms with Crippen molar-refractivity contribution in [1.29, 1.82) is 0 Å². The minimum absolute atomic E-state index is 0.670. The largest absolute Gasteiger partial charge is 0.384 e. The molecule has 0 unspecified atom stereocenters. The Bertz CT molecular complexity index is 446. The minimum atomic E-state index is 0.670. The van der Waals surface area contributed by atoms with Gasteiger partial charge in [0.2, 0.25) is 0 Å². The average molecular weight is 189 g/mol. The van der Waals surface area contributed by atoms with Crippen LogP contribution in [0.4, 0.5) is 5.82 Å². The van der Waals surface area contributed by atoms with Gasteiger partial charge in [0.05, 0.1) is 0 Å². The number of aromatic nitrogens is 4. The SMILES string of the molecule is Cc1c(-c2cncnc2)nn(C)c1N. The van der Waals surface area contributed by atoms with Crippen molar-refractivity contribution in [2.45, 2.75) is 6.92 Å². The van der Waals surface area contributed by atoms with Gasteiger partial charge in [-0.2, -0.15) is 5.10 Å². The van der Waals surface area contributed by atoms with Gasteiger partial charge in [0.1, 0.15) is 17.8 Å². The molecule has 2 rings (SSSR count). The molecule has 0 saturated carbocycles. The lowest BCUT2D eigenvalue weighted by Crippen LogP contribution is -1.97. The molecule has 0 fully saturated rings. The van der Waals surface area contributed by atoms with Crippen LogP contribution in [0.25, 0.3) is 11.3 Å². The van der Waals surface area contributed by atoms with Gasteiger partial charge in [-0.15, -0.1) is 0 Å². The van der Waals surface area contributed by atoms with Crippen LogP contribution in [-0.4, -0.2) is 19.7 Å². The van der Waals surface area contributed by atoms with Crippen LogP contribution in [0.1, 0.15) is 5.56 Å². The number of rotatable bonds is 1. The second-order valence-electron chi connectivity index (χ2n) is 3.11. The molecule has 0 radical (unpaired) electrons. The lowest BCUT2D eigenvalue weighted by molar-refractivity contribution is 0.781. The molecular weight excluding hydrogens is 178 g/mol. The zero-order valence-electron chi connectivity index (χ0n) is 8.10. The Morgan fingerprint density at radius 3 is 2.43 bits per heavy atom. The second-order valence-corrected chi connectivity index (χ2v) is 3.11. The summed E-state index contributed by atoms with van der Waals surface area (Å²) in [7, 11) is 1.82. The van der Waals surface area contributed by atoms with Crippen LogP contribution < -0.4 is 5.73 Å². The molecule has 0 saturated heterocycles. The number of nitrogens with two attached hydrogens (primary N) is 1. The van der Waals surface area contributed by atoms with Crippen LogP contribution in [0.15, 0.2) is 18.7 Å². The van der Waals surface area contributed by atoms with Crippen molar-refractivity contribution in [3.8, 4) is 11.3 Å². The lowest BCUT2D eigenvalue weighted by Gasteiger charge is -1.95. The van der Waals surface area contributed by atoms with Crippen molar-refractivity contribution in [3.63, 3.8) is 0 Å². The number of anilines is 1. The third-order valence-corrected chi connectivity index (χ3v) is 2.17. The maximum absolute atomic E-state index is 5.80. The minimum Gasteiger partial charge on any atom is -0.384 e. The van der Waals surface area contributed by atoms with Crippen LogP contribution in [0.3, 0.4) is 0 Å². The highest BCUT2D eigenvalue weighted by atomic mass is 15.3. The summed E-state index contributed by atoms with van der Waals surface area (Å²) in [4.78, 5) is 7.88. The van der Waals surface area contributed by atoms with E-state index in [4.69, 9.17) is 5.73 Å². The Balaban J connectivity index is 2.58. The van der Waals surface area contributed by atoms with Gasteiger partial charge in [0, 0.05) is 30.6 Å². The fourth-order valence-electron chi connectivity index (χ4n) is 1.34. The van der Waals surface area contributed by atoms with Crippen molar-refractivity contribution in [1.82, 2.24) is 19.7 Å². The van der Waals surface area contributed by atoms with E-state index in [0.717, 1.165) is 16.8 Å². The predicted molar refractivity (Wildman–Crippen MR) is 53.4 cm³/mol. The van der Waals surface area contributed by atoms with Crippen molar-refractivity contribution < 1.29 is 0 Å². The smallest absolute Gasteiger partial charge is 0.124 e. The number of nitrogens with zero attached hydrogens (tertiary/aromatic N) is 4. The average Bonchev–Trinajstić information content (AvgIpc) is 2.47. The first-order valence-corrected chi connectivity index (χ1v) is 4.24. The summed E-state index contributed by atoms with van der Waals surface area (Å²) in [5.41, 5.74) is 8.49.